The first-order chi connectivity index (χ1) is 13.1. The van der Waals surface area contributed by atoms with Gasteiger partial charge in [-0.3, -0.25) is 4.99 Å². The van der Waals surface area contributed by atoms with E-state index in [2.05, 4.69) is 30.7 Å². The molecule has 0 saturated heterocycles. The van der Waals surface area contributed by atoms with Crippen molar-refractivity contribution in [2.24, 2.45) is 4.99 Å². The van der Waals surface area contributed by atoms with Crippen molar-refractivity contribution in [2.75, 3.05) is 13.6 Å². The first-order valence-corrected chi connectivity index (χ1v) is 9.66. The van der Waals surface area contributed by atoms with Gasteiger partial charge in [0.05, 0.1) is 6.04 Å². The summed E-state index contributed by atoms with van der Waals surface area (Å²) in [5.41, 5.74) is 2.34. The molecule has 1 unspecified atom stereocenters. The molecule has 0 amide bonds. The molecule has 3 heterocycles. The van der Waals surface area contributed by atoms with Gasteiger partial charge in [0.15, 0.2) is 5.96 Å². The lowest BCUT2D eigenvalue weighted by atomic mass is 10.1. The van der Waals surface area contributed by atoms with Crippen molar-refractivity contribution in [3.8, 4) is 0 Å². The number of hydrogen-bond donors (Lipinski definition) is 3. The minimum absolute atomic E-state index is 0.137. The third-order valence-corrected chi connectivity index (χ3v) is 5.17. The summed E-state index contributed by atoms with van der Waals surface area (Å²) in [7, 11) is 1.79. The number of guanidine groups is 1. The molecule has 1 aliphatic rings. The van der Waals surface area contributed by atoms with Crippen LogP contribution in [0, 0.1) is 6.92 Å². The van der Waals surface area contributed by atoms with Crippen LogP contribution in [0.2, 0.25) is 5.02 Å². The number of benzene rings is 1. The fourth-order valence-electron chi connectivity index (χ4n) is 3.64. The molecule has 0 bridgehead atoms. The third kappa shape index (κ3) is 3.78. The molecule has 0 fully saturated rings. The maximum atomic E-state index is 6.13. The minimum atomic E-state index is 0.137. The van der Waals surface area contributed by atoms with Gasteiger partial charge in [-0.05, 0) is 49.9 Å². The molecule has 142 valence electrons. The van der Waals surface area contributed by atoms with Gasteiger partial charge in [-0.25, -0.2) is 9.67 Å². The van der Waals surface area contributed by atoms with Crippen molar-refractivity contribution in [1.29, 1.82) is 0 Å². The monoisotopic (exact) mass is 385 g/mol. The fourth-order valence-corrected chi connectivity index (χ4v) is 3.81. The predicted octanol–water partition coefficient (Wildman–Crippen LogP) is 2.96. The SMILES string of the molecule is CN=C(NCCc1c[nH]c2ccc(Cl)cc12)NC1CCCn2nc(C)nc21. The zero-order valence-electron chi connectivity index (χ0n) is 15.6. The molecule has 1 atom stereocenters. The van der Waals surface area contributed by atoms with Gasteiger partial charge in [0.2, 0.25) is 0 Å². The summed E-state index contributed by atoms with van der Waals surface area (Å²) in [6.07, 6.45) is 5.03. The summed E-state index contributed by atoms with van der Waals surface area (Å²) in [6, 6.07) is 6.06. The van der Waals surface area contributed by atoms with Crippen LogP contribution >= 0.6 is 11.6 Å². The normalized spacial score (nSPS) is 17.1. The van der Waals surface area contributed by atoms with E-state index in [0.29, 0.717) is 0 Å². The van der Waals surface area contributed by atoms with Gasteiger partial charge in [0.25, 0.3) is 0 Å². The summed E-state index contributed by atoms with van der Waals surface area (Å²) >= 11 is 6.13. The number of hydrogen-bond acceptors (Lipinski definition) is 3. The van der Waals surface area contributed by atoms with E-state index in [9.17, 15) is 0 Å². The third-order valence-electron chi connectivity index (χ3n) is 4.93. The highest BCUT2D eigenvalue weighted by atomic mass is 35.5. The van der Waals surface area contributed by atoms with Crippen LogP contribution in [-0.4, -0.2) is 39.3 Å². The fraction of sp³-hybridized carbons (Fsp3) is 0.421. The Morgan fingerprint density at radius 2 is 2.33 bits per heavy atom. The number of aromatic amines is 1. The van der Waals surface area contributed by atoms with Crippen LogP contribution in [0.5, 0.6) is 0 Å². The Bertz CT molecular complexity index is 972. The second-order valence-corrected chi connectivity index (χ2v) is 7.27. The molecular weight excluding hydrogens is 362 g/mol. The highest BCUT2D eigenvalue weighted by Crippen LogP contribution is 2.23. The van der Waals surface area contributed by atoms with Gasteiger partial charge in [-0.1, -0.05) is 11.6 Å². The highest BCUT2D eigenvalue weighted by Gasteiger charge is 2.24. The predicted molar refractivity (Wildman–Crippen MR) is 108 cm³/mol. The number of H-pyrrole nitrogens is 1. The molecule has 7 nitrogen and oxygen atoms in total. The second kappa shape index (κ2) is 7.60. The average molecular weight is 386 g/mol. The molecule has 0 radical (unpaired) electrons. The van der Waals surface area contributed by atoms with E-state index in [-0.39, 0.29) is 6.04 Å². The van der Waals surface area contributed by atoms with Gasteiger partial charge in [0.1, 0.15) is 11.6 Å². The molecule has 27 heavy (non-hydrogen) atoms. The van der Waals surface area contributed by atoms with Crippen molar-refractivity contribution in [3.05, 3.63) is 46.6 Å². The van der Waals surface area contributed by atoms with Crippen LogP contribution in [-0.2, 0) is 13.0 Å². The number of nitrogens with zero attached hydrogens (tertiary/aromatic N) is 4. The van der Waals surface area contributed by atoms with Gasteiger partial charge in [-0.15, -0.1) is 0 Å². The average Bonchev–Trinajstić information content (AvgIpc) is 3.23. The number of halogens is 1. The van der Waals surface area contributed by atoms with Crippen molar-refractivity contribution >= 4 is 28.5 Å². The molecule has 3 aromatic rings. The Morgan fingerprint density at radius 1 is 1.44 bits per heavy atom. The number of nitrogens with one attached hydrogen (secondary N) is 3. The Labute approximate surface area is 163 Å². The first-order valence-electron chi connectivity index (χ1n) is 9.28. The van der Waals surface area contributed by atoms with E-state index < -0.39 is 0 Å². The molecule has 0 spiro atoms. The number of aliphatic imine (C=N–C) groups is 1. The second-order valence-electron chi connectivity index (χ2n) is 6.83. The van der Waals surface area contributed by atoms with E-state index in [0.717, 1.165) is 60.5 Å². The number of fused-ring (bicyclic) bond motifs is 2. The molecule has 0 aliphatic carbocycles. The molecule has 2 aromatic heterocycles. The van der Waals surface area contributed by atoms with Crippen LogP contribution < -0.4 is 10.6 Å². The van der Waals surface area contributed by atoms with Gasteiger partial charge >= 0.3 is 0 Å². The molecule has 1 aromatic carbocycles. The lowest BCUT2D eigenvalue weighted by Crippen LogP contribution is -2.42. The van der Waals surface area contributed by atoms with Crippen molar-refractivity contribution < 1.29 is 0 Å². The summed E-state index contributed by atoms with van der Waals surface area (Å²) in [5, 5.41) is 13.3. The smallest absolute Gasteiger partial charge is 0.191 e. The summed E-state index contributed by atoms with van der Waals surface area (Å²) < 4.78 is 2.00. The standard InChI is InChI=1S/C19H24ClN7/c1-12-24-18-17(4-3-9-27(18)26-12)25-19(21-2)22-8-7-13-11-23-16-6-5-14(20)10-15(13)16/h5-6,10-11,17,23H,3-4,7-9H2,1-2H3,(H2,21,22,25). The van der Waals surface area contributed by atoms with Crippen LogP contribution in [0.4, 0.5) is 0 Å². The van der Waals surface area contributed by atoms with Crippen LogP contribution in [0.25, 0.3) is 10.9 Å². The van der Waals surface area contributed by atoms with E-state index in [1.54, 1.807) is 7.05 Å². The topological polar surface area (TPSA) is 82.9 Å². The van der Waals surface area contributed by atoms with E-state index in [4.69, 9.17) is 11.6 Å². The molecule has 4 rings (SSSR count). The Hall–Kier alpha value is -2.54. The van der Waals surface area contributed by atoms with Crippen LogP contribution in [0.3, 0.4) is 0 Å². The number of aryl methyl sites for hydroxylation is 2. The lowest BCUT2D eigenvalue weighted by Gasteiger charge is -2.25. The summed E-state index contributed by atoms with van der Waals surface area (Å²) in [4.78, 5) is 12.2. The molecular formula is C19H24ClN7. The first kappa shape index (κ1) is 17.9. The highest BCUT2D eigenvalue weighted by molar-refractivity contribution is 6.31. The quantitative estimate of drug-likeness (QED) is 0.476. The zero-order valence-corrected chi connectivity index (χ0v) is 16.3. The van der Waals surface area contributed by atoms with E-state index in [1.807, 2.05) is 36.0 Å². The molecule has 3 N–H and O–H groups in total. The Morgan fingerprint density at radius 3 is 3.19 bits per heavy atom. The number of aromatic nitrogens is 4. The Kier molecular flexibility index (Phi) is 5.03. The maximum absolute atomic E-state index is 6.13. The minimum Gasteiger partial charge on any atom is -0.361 e. The largest absolute Gasteiger partial charge is 0.361 e. The van der Waals surface area contributed by atoms with Crippen molar-refractivity contribution in [2.45, 2.75) is 38.8 Å². The van der Waals surface area contributed by atoms with Gasteiger partial charge in [0, 0.05) is 42.3 Å². The summed E-state index contributed by atoms with van der Waals surface area (Å²) in [5.74, 6) is 2.60. The maximum Gasteiger partial charge on any atom is 0.191 e. The van der Waals surface area contributed by atoms with Gasteiger partial charge in [-0.2, -0.15) is 5.10 Å². The lowest BCUT2D eigenvalue weighted by molar-refractivity contribution is 0.398. The van der Waals surface area contributed by atoms with Gasteiger partial charge < -0.3 is 15.6 Å². The van der Waals surface area contributed by atoms with E-state index in [1.165, 1.54) is 10.9 Å². The number of rotatable bonds is 4. The van der Waals surface area contributed by atoms with Crippen LogP contribution in [0.1, 0.15) is 36.1 Å². The summed E-state index contributed by atoms with van der Waals surface area (Å²) in [6.45, 7) is 3.64. The molecule has 0 saturated carbocycles. The van der Waals surface area contributed by atoms with Crippen LogP contribution in [0.15, 0.2) is 29.4 Å². The van der Waals surface area contributed by atoms with Crippen molar-refractivity contribution in [1.82, 2.24) is 30.4 Å². The molecule has 8 heteroatoms. The van der Waals surface area contributed by atoms with E-state index >= 15 is 0 Å². The zero-order chi connectivity index (χ0) is 18.8. The molecule has 1 aliphatic heterocycles. The van der Waals surface area contributed by atoms with Crippen molar-refractivity contribution in [3.63, 3.8) is 0 Å². The Balaban J connectivity index is 1.38.